The Hall–Kier alpha value is -1.43. The van der Waals surface area contributed by atoms with E-state index in [1.54, 1.807) is 0 Å². The van der Waals surface area contributed by atoms with Crippen molar-refractivity contribution in [3.63, 3.8) is 0 Å². The van der Waals surface area contributed by atoms with E-state index in [0.29, 0.717) is 19.0 Å². The minimum absolute atomic E-state index is 0.165. The monoisotopic (exact) mass is 213 g/mol. The maximum absolute atomic E-state index is 11.1. The van der Waals surface area contributed by atoms with Gasteiger partial charge in [0.25, 0.3) is 0 Å². The number of carbonyl (C=O) groups is 1. The van der Waals surface area contributed by atoms with E-state index < -0.39 is 0 Å². The van der Waals surface area contributed by atoms with Gasteiger partial charge in [-0.3, -0.25) is 10.1 Å². The molecule has 0 bridgehead atoms. The molecule has 1 aromatic heterocycles. The number of unbranched alkanes of at least 4 members (excludes halogenated alkanes) is 1. The maximum atomic E-state index is 11.1. The van der Waals surface area contributed by atoms with Crippen LogP contribution in [-0.4, -0.2) is 29.3 Å². The number of esters is 1. The Labute approximate surface area is 88.0 Å². The molecule has 1 N–H and O–H groups in total. The summed E-state index contributed by atoms with van der Waals surface area (Å²) >= 11 is 0. The van der Waals surface area contributed by atoms with Crippen LogP contribution in [0.4, 0.5) is 0 Å². The Morgan fingerprint density at radius 1 is 1.67 bits per heavy atom. The second-order valence-electron chi connectivity index (χ2n) is 3.03. The van der Waals surface area contributed by atoms with Crippen molar-refractivity contribution in [2.24, 2.45) is 0 Å². The van der Waals surface area contributed by atoms with Crippen LogP contribution in [0.5, 0.6) is 0 Å². The number of nitrogens with zero attached hydrogens (tertiary/aromatic N) is 2. The first kappa shape index (κ1) is 11.6. The lowest BCUT2D eigenvalue weighted by molar-refractivity contribution is -0.142. The molecular formula is C9H15N3O3. The van der Waals surface area contributed by atoms with Crippen LogP contribution in [-0.2, 0) is 16.1 Å². The summed E-state index contributed by atoms with van der Waals surface area (Å²) in [5.41, 5.74) is 0. The molecule has 0 spiro atoms. The number of nitrogens with one attached hydrogen (secondary N) is 1. The zero-order valence-corrected chi connectivity index (χ0v) is 8.73. The highest BCUT2D eigenvalue weighted by atomic mass is 16.5. The largest absolute Gasteiger partial charge is 0.465 e. The lowest BCUT2D eigenvalue weighted by Gasteiger charge is -2.03. The molecule has 84 valence electrons. The summed E-state index contributed by atoms with van der Waals surface area (Å²) in [6, 6.07) is 0. The molecular weight excluding hydrogens is 198 g/mol. The van der Waals surface area contributed by atoms with E-state index in [0.717, 1.165) is 12.8 Å². The van der Waals surface area contributed by atoms with Gasteiger partial charge in [0.2, 0.25) is 6.39 Å². The molecule has 0 fully saturated rings. The Bertz CT molecular complexity index is 274. The van der Waals surface area contributed by atoms with Crippen LogP contribution in [0.15, 0.2) is 10.9 Å². The topological polar surface area (TPSA) is 77.2 Å². The van der Waals surface area contributed by atoms with Crippen LogP contribution < -0.4 is 5.32 Å². The Morgan fingerprint density at radius 3 is 3.20 bits per heavy atom. The molecule has 6 nitrogen and oxygen atoms in total. The van der Waals surface area contributed by atoms with E-state index in [1.165, 1.54) is 6.39 Å². The Kier molecular flexibility index (Phi) is 5.39. The van der Waals surface area contributed by atoms with Crippen LogP contribution >= 0.6 is 0 Å². The van der Waals surface area contributed by atoms with Crippen molar-refractivity contribution in [2.75, 3.05) is 13.2 Å². The van der Waals surface area contributed by atoms with Gasteiger partial charge in [-0.1, -0.05) is 18.5 Å². The molecule has 0 saturated carbocycles. The highest BCUT2D eigenvalue weighted by Crippen LogP contribution is 1.89. The third kappa shape index (κ3) is 5.11. The van der Waals surface area contributed by atoms with Gasteiger partial charge < -0.3 is 9.26 Å². The fraction of sp³-hybridized carbons (Fsp3) is 0.667. The second-order valence-corrected chi connectivity index (χ2v) is 3.03. The number of hydrogen-bond donors (Lipinski definition) is 1. The van der Waals surface area contributed by atoms with Gasteiger partial charge in [-0.2, -0.15) is 4.98 Å². The van der Waals surface area contributed by atoms with Crippen LogP contribution in [0.25, 0.3) is 0 Å². The molecule has 6 heteroatoms. The van der Waals surface area contributed by atoms with E-state index >= 15 is 0 Å². The first-order valence-electron chi connectivity index (χ1n) is 4.94. The average Bonchev–Trinajstić information content (AvgIpc) is 2.71. The molecule has 0 aromatic carbocycles. The molecule has 0 radical (unpaired) electrons. The van der Waals surface area contributed by atoms with Gasteiger partial charge >= 0.3 is 5.97 Å². The molecule has 0 unspecified atom stereocenters. The minimum Gasteiger partial charge on any atom is -0.465 e. The molecule has 1 aromatic rings. The highest BCUT2D eigenvalue weighted by Gasteiger charge is 2.03. The van der Waals surface area contributed by atoms with Crippen LogP contribution in [0.3, 0.4) is 0 Å². The van der Waals surface area contributed by atoms with Gasteiger partial charge in [-0.15, -0.1) is 0 Å². The maximum Gasteiger partial charge on any atom is 0.319 e. The molecule has 0 aliphatic carbocycles. The minimum atomic E-state index is -0.257. The molecule has 1 heterocycles. The highest BCUT2D eigenvalue weighted by molar-refractivity contribution is 5.71. The standard InChI is InChI=1S/C9H15N3O3/c1-2-3-4-14-9(13)6-10-5-8-11-7-15-12-8/h7,10H,2-6H2,1H3. The summed E-state index contributed by atoms with van der Waals surface area (Å²) in [5, 5.41) is 6.44. The van der Waals surface area contributed by atoms with E-state index in [-0.39, 0.29) is 12.5 Å². The van der Waals surface area contributed by atoms with E-state index in [2.05, 4.69) is 20.0 Å². The summed E-state index contributed by atoms with van der Waals surface area (Å²) in [5.74, 6) is 0.267. The number of aromatic nitrogens is 2. The van der Waals surface area contributed by atoms with Gasteiger partial charge in [-0.25, -0.2) is 0 Å². The molecule has 0 atom stereocenters. The van der Waals surface area contributed by atoms with Crippen molar-refractivity contribution >= 4 is 5.97 Å². The van der Waals surface area contributed by atoms with Crippen molar-refractivity contribution in [2.45, 2.75) is 26.3 Å². The average molecular weight is 213 g/mol. The number of hydrogen-bond acceptors (Lipinski definition) is 6. The summed E-state index contributed by atoms with van der Waals surface area (Å²) in [4.78, 5) is 14.9. The second kappa shape index (κ2) is 6.94. The van der Waals surface area contributed by atoms with Crippen LogP contribution in [0.2, 0.25) is 0 Å². The Balaban J connectivity index is 2.02. The fourth-order valence-corrected chi connectivity index (χ4v) is 0.928. The fourth-order valence-electron chi connectivity index (χ4n) is 0.928. The molecule has 0 aliphatic heterocycles. The van der Waals surface area contributed by atoms with Crippen molar-refractivity contribution in [1.82, 2.24) is 15.5 Å². The summed E-state index contributed by atoms with van der Waals surface area (Å²) in [6.45, 7) is 3.10. The summed E-state index contributed by atoms with van der Waals surface area (Å²) in [6.07, 6.45) is 3.16. The first-order chi connectivity index (χ1) is 7.33. The van der Waals surface area contributed by atoms with Gasteiger partial charge in [0.1, 0.15) is 0 Å². The summed E-state index contributed by atoms with van der Waals surface area (Å²) in [7, 11) is 0. The van der Waals surface area contributed by atoms with E-state index in [9.17, 15) is 4.79 Å². The smallest absolute Gasteiger partial charge is 0.319 e. The van der Waals surface area contributed by atoms with E-state index in [4.69, 9.17) is 4.74 Å². The van der Waals surface area contributed by atoms with Crippen molar-refractivity contribution < 1.29 is 14.1 Å². The third-order valence-corrected chi connectivity index (χ3v) is 1.72. The van der Waals surface area contributed by atoms with Gasteiger partial charge in [0.05, 0.1) is 19.7 Å². The predicted molar refractivity (Wildman–Crippen MR) is 51.9 cm³/mol. The zero-order chi connectivity index (χ0) is 10.9. The number of carbonyl (C=O) groups excluding carboxylic acids is 1. The van der Waals surface area contributed by atoms with E-state index in [1.807, 2.05) is 6.92 Å². The lowest BCUT2D eigenvalue weighted by Crippen LogP contribution is -2.25. The van der Waals surface area contributed by atoms with Gasteiger partial charge in [0, 0.05) is 0 Å². The molecule has 0 amide bonds. The first-order valence-corrected chi connectivity index (χ1v) is 4.94. The third-order valence-electron chi connectivity index (χ3n) is 1.72. The zero-order valence-electron chi connectivity index (χ0n) is 8.73. The number of rotatable bonds is 7. The van der Waals surface area contributed by atoms with Gasteiger partial charge in [0.15, 0.2) is 5.82 Å². The van der Waals surface area contributed by atoms with Crippen molar-refractivity contribution in [1.29, 1.82) is 0 Å². The van der Waals surface area contributed by atoms with Crippen LogP contribution in [0.1, 0.15) is 25.6 Å². The summed E-state index contributed by atoms with van der Waals surface area (Å²) < 4.78 is 9.47. The predicted octanol–water partition coefficient (Wildman–Crippen LogP) is 0.502. The lowest BCUT2D eigenvalue weighted by atomic mass is 10.4. The van der Waals surface area contributed by atoms with Crippen molar-refractivity contribution in [3.05, 3.63) is 12.2 Å². The molecule has 0 aliphatic rings. The van der Waals surface area contributed by atoms with Crippen molar-refractivity contribution in [3.8, 4) is 0 Å². The molecule has 15 heavy (non-hydrogen) atoms. The number of ether oxygens (including phenoxy) is 1. The Morgan fingerprint density at radius 2 is 2.53 bits per heavy atom. The quantitative estimate of drug-likeness (QED) is 0.525. The SMILES string of the molecule is CCCCOC(=O)CNCc1ncon1. The van der Waals surface area contributed by atoms with Crippen LogP contribution in [0, 0.1) is 0 Å². The molecule has 1 rings (SSSR count). The van der Waals surface area contributed by atoms with Gasteiger partial charge in [-0.05, 0) is 6.42 Å². The normalized spacial score (nSPS) is 10.2. The molecule has 0 saturated heterocycles.